The molecule has 13 heteroatoms. The zero-order chi connectivity index (χ0) is 32.2. The fraction of sp³-hybridized carbons (Fsp3) is 0.438. The van der Waals surface area contributed by atoms with Gasteiger partial charge in [0.1, 0.15) is 17.1 Å². The molecule has 0 fully saturated rings. The number of ether oxygens (including phenoxy) is 1. The Balaban J connectivity index is 1.47. The Hall–Kier alpha value is -4.19. The highest BCUT2D eigenvalue weighted by Gasteiger charge is 2.47. The summed E-state index contributed by atoms with van der Waals surface area (Å²) < 4.78 is 34.5. The van der Waals surface area contributed by atoms with Crippen LogP contribution in [0.15, 0.2) is 70.4 Å². The van der Waals surface area contributed by atoms with E-state index in [4.69, 9.17) is 16.3 Å². The van der Waals surface area contributed by atoms with Gasteiger partial charge in [0.05, 0.1) is 29.3 Å². The molecule has 1 aromatic rings. The first kappa shape index (κ1) is 30.8. The van der Waals surface area contributed by atoms with Crippen molar-refractivity contribution in [1.82, 2.24) is 25.0 Å². The van der Waals surface area contributed by atoms with Crippen LogP contribution in [0.3, 0.4) is 0 Å². The number of anilines is 1. The van der Waals surface area contributed by atoms with Crippen LogP contribution in [0.1, 0.15) is 52.9 Å². The zero-order valence-electron chi connectivity index (χ0n) is 25.6. The van der Waals surface area contributed by atoms with Crippen LogP contribution in [0, 0.1) is 11.6 Å². The summed E-state index contributed by atoms with van der Waals surface area (Å²) in [6.07, 6.45) is 7.40. The van der Waals surface area contributed by atoms with E-state index in [0.717, 1.165) is 12.3 Å². The molecular weight excluding hydrogens is 606 g/mol. The molecule has 2 amide bonds. The number of amides is 2. The molecule has 1 N–H and O–H groups in total. The Morgan fingerprint density at radius 1 is 1.20 bits per heavy atom. The van der Waals surface area contributed by atoms with Crippen LogP contribution in [0.5, 0.6) is 0 Å². The van der Waals surface area contributed by atoms with Crippen LogP contribution < -0.4 is 10.2 Å². The lowest BCUT2D eigenvalue weighted by molar-refractivity contribution is -0.129. The average molecular weight is 641 g/mol. The first-order valence-electron chi connectivity index (χ1n) is 15.0. The molecule has 0 aromatic carbocycles. The molecule has 1 atom stereocenters. The molecule has 0 radical (unpaired) electrons. The summed E-state index contributed by atoms with van der Waals surface area (Å²) in [5.41, 5.74) is 2.91. The second kappa shape index (κ2) is 11.6. The number of aromatic nitrogens is 1. The Bertz CT molecular complexity index is 1640. The van der Waals surface area contributed by atoms with Crippen LogP contribution in [0.2, 0.25) is 0 Å². The molecule has 0 saturated carbocycles. The molecule has 1 unspecified atom stereocenters. The third kappa shape index (κ3) is 5.49. The van der Waals surface area contributed by atoms with Gasteiger partial charge in [0.15, 0.2) is 11.6 Å². The molecule has 4 aliphatic heterocycles. The van der Waals surface area contributed by atoms with E-state index < -0.39 is 29.4 Å². The van der Waals surface area contributed by atoms with E-state index in [2.05, 4.69) is 10.3 Å². The maximum atomic E-state index is 15.1. The quantitative estimate of drug-likeness (QED) is 0.354. The summed E-state index contributed by atoms with van der Waals surface area (Å²) >= 11 is 5.90. The number of Topliss-reactive ketones (excluding diaryl/α,β-unsaturated/α-hetero) is 1. The fourth-order valence-corrected chi connectivity index (χ4v) is 6.63. The van der Waals surface area contributed by atoms with Gasteiger partial charge in [-0.2, -0.15) is 0 Å². The number of pyridine rings is 1. The lowest BCUT2D eigenvalue weighted by Crippen LogP contribution is -2.43. The van der Waals surface area contributed by atoms with Crippen molar-refractivity contribution < 1.29 is 27.9 Å². The maximum absolute atomic E-state index is 15.1. The van der Waals surface area contributed by atoms with E-state index in [1.54, 1.807) is 61.1 Å². The van der Waals surface area contributed by atoms with E-state index in [1.165, 1.54) is 4.90 Å². The number of allylic oxidation sites excluding steroid dienone is 3. The molecule has 1 aromatic heterocycles. The number of halogens is 3. The summed E-state index contributed by atoms with van der Waals surface area (Å²) in [4.78, 5) is 52.0. The van der Waals surface area contributed by atoms with Crippen LogP contribution in [0.25, 0.3) is 0 Å². The standard InChI is InChI=1S/C32H35ClF2N6O4/c1-32(2,3)45-31(44)39-12-11-38(4)28-22(39)13-18-16-40(24(42)7-5-6-9-33)23-17-41(30-20(35)14-19(34)15-37-30)21-8-10-36-27(26(21)23)25(18)29(28)43/h11-12,14-15,17,21,36H,5-10,13,16H2,1-4H3. The number of unbranched alkanes of at least 4 members (excludes halogenated alkanes) is 1. The van der Waals surface area contributed by atoms with Gasteiger partial charge in [0, 0.05) is 74.7 Å². The van der Waals surface area contributed by atoms with Crippen molar-refractivity contribution in [2.75, 3.05) is 30.9 Å². The number of carbonyl (C=O) groups is 3. The summed E-state index contributed by atoms with van der Waals surface area (Å²) in [6.45, 7) is 5.85. The van der Waals surface area contributed by atoms with Crippen molar-refractivity contribution in [3.63, 3.8) is 0 Å². The van der Waals surface area contributed by atoms with Gasteiger partial charge in [0.2, 0.25) is 11.7 Å². The third-order valence-electron chi connectivity index (χ3n) is 8.32. The van der Waals surface area contributed by atoms with E-state index in [-0.39, 0.29) is 36.9 Å². The van der Waals surface area contributed by atoms with Crippen molar-refractivity contribution in [2.24, 2.45) is 0 Å². The fourth-order valence-electron chi connectivity index (χ4n) is 6.44. The summed E-state index contributed by atoms with van der Waals surface area (Å²) in [5.74, 6) is -1.75. The van der Waals surface area contributed by atoms with Crippen molar-refractivity contribution >= 4 is 35.2 Å². The molecular formula is C32H35ClF2N6O4. The number of fused-ring (bicyclic) bond motifs is 1. The van der Waals surface area contributed by atoms with Gasteiger partial charge in [-0.25, -0.2) is 18.6 Å². The first-order valence-corrected chi connectivity index (χ1v) is 15.5. The Morgan fingerprint density at radius 2 is 1.98 bits per heavy atom. The number of nitrogens with zero attached hydrogens (tertiary/aromatic N) is 5. The van der Waals surface area contributed by atoms with Crippen molar-refractivity contribution in [3.05, 3.63) is 82.0 Å². The van der Waals surface area contributed by atoms with Gasteiger partial charge in [0.25, 0.3) is 0 Å². The van der Waals surface area contributed by atoms with Crippen LogP contribution in [-0.2, 0) is 14.3 Å². The van der Waals surface area contributed by atoms with E-state index >= 15 is 4.39 Å². The molecule has 45 heavy (non-hydrogen) atoms. The molecule has 0 saturated heterocycles. The lowest BCUT2D eigenvalue weighted by atomic mass is 9.84. The minimum Gasteiger partial charge on any atom is -0.443 e. The number of hydrogen-bond donors (Lipinski definition) is 1. The predicted molar refractivity (Wildman–Crippen MR) is 163 cm³/mol. The first-order chi connectivity index (χ1) is 21.4. The topological polar surface area (TPSA) is 98.3 Å². The smallest absolute Gasteiger partial charge is 0.418 e. The van der Waals surface area contributed by atoms with Gasteiger partial charge >= 0.3 is 6.09 Å². The number of rotatable bonds is 5. The molecule has 10 nitrogen and oxygen atoms in total. The van der Waals surface area contributed by atoms with Gasteiger partial charge in [-0.15, -0.1) is 11.6 Å². The van der Waals surface area contributed by atoms with Gasteiger partial charge in [-0.3, -0.25) is 14.5 Å². The average Bonchev–Trinajstić information content (AvgIpc) is 3.27. The molecule has 1 aliphatic carbocycles. The lowest BCUT2D eigenvalue weighted by Gasteiger charge is -2.38. The van der Waals surface area contributed by atoms with Crippen LogP contribution in [-0.4, -0.2) is 75.1 Å². The number of likely N-dealkylation sites (N-methyl/N-ethyl adjacent to an activating group) is 1. The van der Waals surface area contributed by atoms with E-state index in [9.17, 15) is 18.8 Å². The largest absolute Gasteiger partial charge is 0.443 e. The number of nitrogens with one attached hydrogen (secondary N) is 1. The molecule has 0 spiro atoms. The molecule has 0 bridgehead atoms. The Morgan fingerprint density at radius 3 is 2.69 bits per heavy atom. The highest BCUT2D eigenvalue weighted by atomic mass is 35.5. The maximum Gasteiger partial charge on any atom is 0.418 e. The molecule has 238 valence electrons. The number of carbonyl (C=O) groups excluding carboxylic acids is 3. The second-order valence-corrected chi connectivity index (χ2v) is 12.9. The van der Waals surface area contributed by atoms with Crippen molar-refractivity contribution in [2.45, 2.75) is 64.5 Å². The van der Waals surface area contributed by atoms with E-state index in [0.29, 0.717) is 71.2 Å². The third-order valence-corrected chi connectivity index (χ3v) is 8.58. The van der Waals surface area contributed by atoms with E-state index in [1.807, 2.05) is 0 Å². The molecule has 6 rings (SSSR count). The van der Waals surface area contributed by atoms with Gasteiger partial charge < -0.3 is 24.8 Å². The van der Waals surface area contributed by atoms with Crippen LogP contribution in [0.4, 0.5) is 19.4 Å². The van der Waals surface area contributed by atoms with Gasteiger partial charge in [-0.05, 0) is 45.6 Å². The monoisotopic (exact) mass is 640 g/mol. The van der Waals surface area contributed by atoms with Crippen molar-refractivity contribution in [1.29, 1.82) is 0 Å². The highest BCUT2D eigenvalue weighted by molar-refractivity contribution is 6.17. The number of ketones is 1. The molecule has 5 heterocycles. The zero-order valence-corrected chi connectivity index (χ0v) is 26.4. The summed E-state index contributed by atoms with van der Waals surface area (Å²) in [5, 5.41) is 3.41. The molecule has 5 aliphatic rings. The highest BCUT2D eigenvalue weighted by Crippen LogP contribution is 2.47. The van der Waals surface area contributed by atoms with Crippen molar-refractivity contribution in [3.8, 4) is 0 Å². The predicted octanol–water partition coefficient (Wildman–Crippen LogP) is 5.02. The minimum absolute atomic E-state index is 0.0652. The SMILES string of the molecule is CN1C=CN(C(=O)OC(C)(C)C)C2=C1C(=O)C1=C(C2)CN(C(=O)CCCCCl)C2=CN(c3ncc(F)cc3F)C3CCNC1=C23. The normalized spacial score (nSPS) is 21.0. The number of alkyl halides is 1. The minimum atomic E-state index is -0.828. The Labute approximate surface area is 265 Å². The van der Waals surface area contributed by atoms with Crippen LogP contribution >= 0.6 is 11.6 Å². The summed E-state index contributed by atoms with van der Waals surface area (Å²) in [7, 11) is 1.74. The Kier molecular flexibility index (Phi) is 7.96. The second-order valence-electron chi connectivity index (χ2n) is 12.6. The summed E-state index contributed by atoms with van der Waals surface area (Å²) in [6, 6.07) is 0.321. The number of hydrogen-bond acceptors (Lipinski definition) is 8. The van der Waals surface area contributed by atoms with Gasteiger partial charge in [-0.1, -0.05) is 0 Å².